The van der Waals surface area contributed by atoms with Gasteiger partial charge in [0.05, 0.1) is 12.4 Å². The molecule has 2 aliphatic rings. The molecule has 1 aromatic heterocycles. The highest BCUT2D eigenvalue weighted by molar-refractivity contribution is 6.54. The lowest BCUT2D eigenvalue weighted by molar-refractivity contribution is -0.112. The number of carbonyl (C=O) groups is 1. The van der Waals surface area contributed by atoms with Crippen molar-refractivity contribution < 1.29 is 4.79 Å². The third kappa shape index (κ3) is 2.83. The van der Waals surface area contributed by atoms with E-state index >= 15 is 0 Å². The molecule has 24 heavy (non-hydrogen) atoms. The molecule has 1 amide bonds. The van der Waals surface area contributed by atoms with Crippen LogP contribution in [0.2, 0.25) is 0 Å². The van der Waals surface area contributed by atoms with Gasteiger partial charge in [0.15, 0.2) is 5.82 Å². The number of amides is 1. The number of aromatic nitrogens is 1. The normalized spacial score (nSPS) is 19.8. The molecule has 0 aliphatic carbocycles. The molecule has 0 N–H and O–H groups in total. The molecule has 1 aromatic carbocycles. The Labute approximate surface area is 141 Å². The summed E-state index contributed by atoms with van der Waals surface area (Å²) in [7, 11) is 0. The number of rotatable bonds is 3. The summed E-state index contributed by atoms with van der Waals surface area (Å²) >= 11 is 0. The van der Waals surface area contributed by atoms with E-state index in [2.05, 4.69) is 14.9 Å². The molecule has 2 aromatic rings. The van der Waals surface area contributed by atoms with Gasteiger partial charge in [-0.1, -0.05) is 30.7 Å². The van der Waals surface area contributed by atoms with Gasteiger partial charge in [-0.05, 0) is 44.1 Å². The smallest absolute Gasteiger partial charge is 0.278 e. The third-order valence-corrected chi connectivity index (χ3v) is 4.56. The van der Waals surface area contributed by atoms with Crippen molar-refractivity contribution in [2.75, 3.05) is 24.7 Å². The fourth-order valence-corrected chi connectivity index (χ4v) is 3.35. The lowest BCUT2D eigenvalue weighted by Gasteiger charge is -2.30. The van der Waals surface area contributed by atoms with E-state index in [1.165, 1.54) is 19.3 Å². The largest absolute Gasteiger partial charge is 0.293 e. The van der Waals surface area contributed by atoms with Crippen LogP contribution in [0.3, 0.4) is 0 Å². The van der Waals surface area contributed by atoms with Crippen LogP contribution in [0.1, 0.15) is 24.8 Å². The second-order valence-electron chi connectivity index (χ2n) is 6.22. The van der Waals surface area contributed by atoms with Gasteiger partial charge in [-0.2, -0.15) is 0 Å². The Morgan fingerprint density at radius 2 is 1.79 bits per heavy atom. The van der Waals surface area contributed by atoms with Crippen LogP contribution in [0.4, 0.5) is 11.5 Å². The predicted molar refractivity (Wildman–Crippen MR) is 94.7 cm³/mol. The lowest BCUT2D eigenvalue weighted by atomic mass is 10.1. The van der Waals surface area contributed by atoms with Crippen molar-refractivity contribution in [3.8, 4) is 0 Å². The van der Waals surface area contributed by atoms with Gasteiger partial charge in [0.1, 0.15) is 5.71 Å². The summed E-state index contributed by atoms with van der Waals surface area (Å²) < 4.78 is 0. The van der Waals surface area contributed by atoms with Gasteiger partial charge in [-0.25, -0.2) is 9.98 Å². The number of hydrogen-bond acceptors (Lipinski definition) is 4. The molecule has 2 aliphatic heterocycles. The summed E-state index contributed by atoms with van der Waals surface area (Å²) in [4.78, 5) is 25.9. The number of likely N-dealkylation sites (tertiary alicyclic amines) is 1. The molecular formula is C19H20N4O. The Kier molecular flexibility index (Phi) is 4.09. The van der Waals surface area contributed by atoms with Crippen molar-refractivity contribution in [1.29, 1.82) is 0 Å². The molecule has 1 saturated heterocycles. The van der Waals surface area contributed by atoms with Gasteiger partial charge in [0, 0.05) is 11.8 Å². The molecule has 5 heteroatoms. The second-order valence-corrected chi connectivity index (χ2v) is 6.22. The minimum atomic E-state index is -0.0348. The lowest BCUT2D eigenvalue weighted by Crippen LogP contribution is -2.43. The number of pyridine rings is 1. The Balaban J connectivity index is 1.67. The highest BCUT2D eigenvalue weighted by Gasteiger charge is 2.34. The van der Waals surface area contributed by atoms with Crippen molar-refractivity contribution in [2.45, 2.75) is 19.3 Å². The summed E-state index contributed by atoms with van der Waals surface area (Å²) in [5.41, 5.74) is 2.33. The number of piperidine rings is 1. The topological polar surface area (TPSA) is 48.8 Å². The summed E-state index contributed by atoms with van der Waals surface area (Å²) in [5, 5.41) is 0. The van der Waals surface area contributed by atoms with Crippen LogP contribution >= 0.6 is 0 Å². The molecule has 3 heterocycles. The number of aliphatic imine (C=N–C) groups is 1. The van der Waals surface area contributed by atoms with Crippen LogP contribution in [0, 0.1) is 0 Å². The maximum Gasteiger partial charge on any atom is 0.278 e. The van der Waals surface area contributed by atoms with Crippen LogP contribution in [0.15, 0.2) is 53.7 Å². The number of anilines is 1. The molecule has 0 saturated carbocycles. The molecule has 4 rings (SSSR count). The number of nitrogens with zero attached hydrogens (tertiary/aromatic N) is 4. The molecule has 0 atom stereocenters. The van der Waals surface area contributed by atoms with Crippen LogP contribution in [-0.2, 0) is 4.79 Å². The summed E-state index contributed by atoms with van der Waals surface area (Å²) in [6.07, 6.45) is 5.39. The zero-order valence-corrected chi connectivity index (χ0v) is 13.6. The fourth-order valence-electron chi connectivity index (χ4n) is 3.35. The minimum absolute atomic E-state index is 0.0348. The first-order chi connectivity index (χ1) is 11.8. The molecule has 122 valence electrons. The molecule has 0 spiro atoms. The van der Waals surface area contributed by atoms with E-state index in [1.54, 1.807) is 6.20 Å². The number of fused-ring (bicyclic) bond motifs is 1. The van der Waals surface area contributed by atoms with Gasteiger partial charge in [-0.15, -0.1) is 0 Å². The maximum atomic E-state index is 13.0. The van der Waals surface area contributed by atoms with Crippen molar-refractivity contribution in [3.05, 3.63) is 54.2 Å². The maximum absolute atomic E-state index is 13.0. The van der Waals surface area contributed by atoms with Gasteiger partial charge < -0.3 is 0 Å². The van der Waals surface area contributed by atoms with Crippen molar-refractivity contribution in [1.82, 2.24) is 9.88 Å². The minimum Gasteiger partial charge on any atom is -0.293 e. The molecule has 5 nitrogen and oxygen atoms in total. The van der Waals surface area contributed by atoms with Crippen LogP contribution in [0.25, 0.3) is 0 Å². The van der Waals surface area contributed by atoms with E-state index in [1.807, 2.05) is 47.4 Å². The van der Waals surface area contributed by atoms with Gasteiger partial charge in [0.25, 0.3) is 5.91 Å². The van der Waals surface area contributed by atoms with Crippen molar-refractivity contribution in [2.24, 2.45) is 4.99 Å². The van der Waals surface area contributed by atoms with E-state index in [0.717, 1.165) is 24.3 Å². The van der Waals surface area contributed by atoms with E-state index in [-0.39, 0.29) is 5.91 Å². The molecule has 1 fully saturated rings. The molecule has 0 bridgehead atoms. The molecule has 0 unspecified atom stereocenters. The molecule has 0 radical (unpaired) electrons. The first-order valence-electron chi connectivity index (χ1n) is 8.46. The Morgan fingerprint density at radius 3 is 2.58 bits per heavy atom. The van der Waals surface area contributed by atoms with Crippen LogP contribution in [0.5, 0.6) is 0 Å². The first-order valence-corrected chi connectivity index (χ1v) is 8.46. The van der Waals surface area contributed by atoms with Crippen LogP contribution in [-0.4, -0.2) is 41.3 Å². The summed E-state index contributed by atoms with van der Waals surface area (Å²) in [5.74, 6) is 0.530. The third-order valence-electron chi connectivity index (χ3n) is 4.56. The van der Waals surface area contributed by atoms with E-state index < -0.39 is 0 Å². The van der Waals surface area contributed by atoms with Crippen molar-refractivity contribution in [3.63, 3.8) is 0 Å². The van der Waals surface area contributed by atoms with E-state index in [4.69, 9.17) is 0 Å². The fraction of sp³-hybridized carbons (Fsp3) is 0.316. The zero-order chi connectivity index (χ0) is 16.4. The zero-order valence-electron chi connectivity index (χ0n) is 13.6. The number of para-hydroxylation sites is 1. The standard InChI is InChI=1S/C19H20N4O/c24-19-18(21-17-10-4-5-11-20-17)15-8-2-3-9-16(15)23(19)14-22-12-6-1-7-13-22/h2-5,8-11H,1,6-7,12-14H2. The highest BCUT2D eigenvalue weighted by Crippen LogP contribution is 2.30. The van der Waals surface area contributed by atoms with Crippen LogP contribution < -0.4 is 4.90 Å². The van der Waals surface area contributed by atoms with Crippen molar-refractivity contribution >= 4 is 23.1 Å². The average Bonchev–Trinajstić information content (AvgIpc) is 2.90. The molecular weight excluding hydrogens is 300 g/mol. The SMILES string of the molecule is O=C1C(=Nc2ccccn2)c2ccccc2N1CN1CCCCC1. The Bertz CT molecular complexity index is 766. The van der Waals surface area contributed by atoms with E-state index in [0.29, 0.717) is 18.2 Å². The number of carbonyl (C=O) groups excluding carboxylic acids is 1. The monoisotopic (exact) mass is 320 g/mol. The Morgan fingerprint density at radius 1 is 1.00 bits per heavy atom. The average molecular weight is 320 g/mol. The number of benzene rings is 1. The highest BCUT2D eigenvalue weighted by atomic mass is 16.2. The summed E-state index contributed by atoms with van der Waals surface area (Å²) in [6, 6.07) is 13.4. The van der Waals surface area contributed by atoms with Gasteiger partial charge in [-0.3, -0.25) is 14.6 Å². The van der Waals surface area contributed by atoms with Gasteiger partial charge >= 0.3 is 0 Å². The van der Waals surface area contributed by atoms with E-state index in [9.17, 15) is 4.79 Å². The second kappa shape index (κ2) is 6.53. The summed E-state index contributed by atoms with van der Waals surface area (Å²) in [6.45, 7) is 2.74. The van der Waals surface area contributed by atoms with Gasteiger partial charge in [0.2, 0.25) is 0 Å². The Hall–Kier alpha value is -2.53. The quantitative estimate of drug-likeness (QED) is 0.873. The predicted octanol–water partition coefficient (Wildman–Crippen LogP) is 2.99. The number of hydrogen-bond donors (Lipinski definition) is 0. The first kappa shape index (κ1) is 15.0.